The number of alkyl halides is 3. The van der Waals surface area contributed by atoms with Gasteiger partial charge in [-0.3, -0.25) is 0 Å². The highest BCUT2D eigenvalue weighted by Gasteiger charge is 2.35. The molecule has 0 saturated heterocycles. The maximum atomic E-state index is 12.7. The molecule has 5 heteroatoms. The maximum absolute atomic E-state index is 12.7. The van der Waals surface area contributed by atoms with Crippen molar-refractivity contribution in [2.24, 2.45) is 0 Å². The molecule has 1 aromatic rings. The number of halogens is 3. The zero-order chi connectivity index (χ0) is 13.9. The third-order valence-corrected chi connectivity index (χ3v) is 2.29. The summed E-state index contributed by atoms with van der Waals surface area (Å²) in [5, 5.41) is 0. The molecule has 0 saturated carbocycles. The fourth-order valence-corrected chi connectivity index (χ4v) is 1.49. The standard InChI is InChI=1S/C13H13F3N2/c1-4-6-9-7-11(17)18-12(10(9)5-2)8(3)13(14,15)16/h4-7H,2-3H2,1H3,(H2,17,18)/b6-4-. The number of hydrogen-bond donors (Lipinski definition) is 1. The molecule has 0 unspecified atom stereocenters. The van der Waals surface area contributed by atoms with Crippen molar-refractivity contribution in [3.8, 4) is 0 Å². The van der Waals surface area contributed by atoms with Crippen LogP contribution in [0, 0.1) is 0 Å². The van der Waals surface area contributed by atoms with Crippen molar-refractivity contribution in [1.29, 1.82) is 0 Å². The van der Waals surface area contributed by atoms with Gasteiger partial charge < -0.3 is 5.73 Å². The summed E-state index contributed by atoms with van der Waals surface area (Å²) in [6, 6.07) is 1.49. The number of allylic oxidation sites excluding steroid dienone is 2. The molecular formula is C13H13F3N2. The van der Waals surface area contributed by atoms with Crippen molar-refractivity contribution in [3.63, 3.8) is 0 Å². The molecular weight excluding hydrogens is 241 g/mol. The van der Waals surface area contributed by atoms with Gasteiger partial charge in [-0.25, -0.2) is 4.98 Å². The van der Waals surface area contributed by atoms with Crippen LogP contribution in [-0.2, 0) is 0 Å². The molecule has 1 rings (SSSR count). The maximum Gasteiger partial charge on any atom is 0.417 e. The second-order valence-electron chi connectivity index (χ2n) is 3.58. The minimum Gasteiger partial charge on any atom is -0.384 e. The molecule has 18 heavy (non-hydrogen) atoms. The zero-order valence-corrected chi connectivity index (χ0v) is 9.88. The van der Waals surface area contributed by atoms with Crippen molar-refractivity contribution in [3.05, 3.63) is 42.1 Å². The van der Waals surface area contributed by atoms with E-state index in [4.69, 9.17) is 5.73 Å². The van der Waals surface area contributed by atoms with Gasteiger partial charge in [0.2, 0.25) is 0 Å². The van der Waals surface area contributed by atoms with E-state index in [9.17, 15) is 13.2 Å². The average molecular weight is 254 g/mol. The fourth-order valence-electron chi connectivity index (χ4n) is 1.49. The van der Waals surface area contributed by atoms with Gasteiger partial charge >= 0.3 is 6.18 Å². The van der Waals surface area contributed by atoms with Crippen molar-refractivity contribution in [2.45, 2.75) is 13.1 Å². The number of pyridine rings is 1. The Labute approximate surface area is 103 Å². The van der Waals surface area contributed by atoms with Crippen LogP contribution in [0.1, 0.15) is 23.7 Å². The molecule has 0 spiro atoms. The van der Waals surface area contributed by atoms with Gasteiger partial charge in [-0.15, -0.1) is 0 Å². The molecule has 0 radical (unpaired) electrons. The van der Waals surface area contributed by atoms with Gasteiger partial charge in [-0.2, -0.15) is 13.2 Å². The number of nitrogens with zero attached hydrogens (tertiary/aromatic N) is 1. The lowest BCUT2D eigenvalue weighted by atomic mass is 10.0. The molecule has 1 heterocycles. The van der Waals surface area contributed by atoms with E-state index in [1.54, 1.807) is 19.1 Å². The van der Waals surface area contributed by atoms with Crippen LogP contribution in [-0.4, -0.2) is 11.2 Å². The Morgan fingerprint density at radius 1 is 1.44 bits per heavy atom. The van der Waals surface area contributed by atoms with E-state index in [-0.39, 0.29) is 17.1 Å². The van der Waals surface area contributed by atoms with Crippen LogP contribution in [0.25, 0.3) is 17.7 Å². The van der Waals surface area contributed by atoms with Crippen LogP contribution in [0.5, 0.6) is 0 Å². The molecule has 0 fully saturated rings. The molecule has 0 aliphatic rings. The van der Waals surface area contributed by atoms with Gasteiger partial charge in [-0.1, -0.05) is 31.4 Å². The van der Waals surface area contributed by atoms with E-state index in [2.05, 4.69) is 18.1 Å². The highest BCUT2D eigenvalue weighted by molar-refractivity contribution is 5.79. The Balaban J connectivity index is 3.53. The van der Waals surface area contributed by atoms with Gasteiger partial charge in [0.25, 0.3) is 0 Å². The first-order valence-corrected chi connectivity index (χ1v) is 5.13. The minimum absolute atomic E-state index is 0.00843. The number of nitrogen functional groups attached to an aromatic ring is 1. The highest BCUT2D eigenvalue weighted by atomic mass is 19.4. The van der Waals surface area contributed by atoms with Crippen molar-refractivity contribution < 1.29 is 13.2 Å². The normalized spacial score (nSPS) is 11.8. The number of nitrogens with two attached hydrogens (primary N) is 1. The van der Waals surface area contributed by atoms with Crippen LogP contribution < -0.4 is 5.73 Å². The molecule has 2 nitrogen and oxygen atoms in total. The quantitative estimate of drug-likeness (QED) is 0.888. The Kier molecular flexibility index (Phi) is 3.96. The van der Waals surface area contributed by atoms with E-state index in [0.29, 0.717) is 5.56 Å². The second-order valence-corrected chi connectivity index (χ2v) is 3.58. The van der Waals surface area contributed by atoms with E-state index in [1.807, 2.05) is 0 Å². The van der Waals surface area contributed by atoms with Crippen LogP contribution in [0.4, 0.5) is 19.0 Å². The summed E-state index contributed by atoms with van der Waals surface area (Å²) in [7, 11) is 0. The largest absolute Gasteiger partial charge is 0.417 e. The molecule has 0 aliphatic heterocycles. The topological polar surface area (TPSA) is 38.9 Å². The molecule has 1 aromatic heterocycles. The van der Waals surface area contributed by atoms with Gasteiger partial charge in [0.15, 0.2) is 0 Å². The summed E-state index contributed by atoms with van der Waals surface area (Å²) in [5.41, 5.74) is 4.98. The molecule has 0 bridgehead atoms. The average Bonchev–Trinajstić information content (AvgIpc) is 2.26. The van der Waals surface area contributed by atoms with Gasteiger partial charge in [-0.05, 0) is 18.6 Å². The first-order valence-electron chi connectivity index (χ1n) is 5.13. The van der Waals surface area contributed by atoms with Gasteiger partial charge in [0.1, 0.15) is 5.82 Å². The van der Waals surface area contributed by atoms with Crippen molar-refractivity contribution in [2.75, 3.05) is 5.73 Å². The van der Waals surface area contributed by atoms with E-state index < -0.39 is 11.7 Å². The smallest absolute Gasteiger partial charge is 0.384 e. The Morgan fingerprint density at radius 3 is 2.50 bits per heavy atom. The summed E-state index contributed by atoms with van der Waals surface area (Å²) in [6.45, 7) is 8.29. The molecule has 0 aromatic carbocycles. The summed E-state index contributed by atoms with van der Waals surface area (Å²) in [4.78, 5) is 3.71. The molecule has 96 valence electrons. The van der Waals surface area contributed by atoms with E-state index in [0.717, 1.165) is 0 Å². The highest BCUT2D eigenvalue weighted by Crippen LogP contribution is 2.35. The fraction of sp³-hybridized carbons (Fsp3) is 0.154. The lowest BCUT2D eigenvalue weighted by Crippen LogP contribution is -2.13. The number of anilines is 1. The second kappa shape index (κ2) is 5.08. The zero-order valence-electron chi connectivity index (χ0n) is 9.88. The minimum atomic E-state index is -4.55. The first kappa shape index (κ1) is 14.0. The Morgan fingerprint density at radius 2 is 2.06 bits per heavy atom. The summed E-state index contributed by atoms with van der Waals surface area (Å²) in [5.74, 6) is 0.00843. The van der Waals surface area contributed by atoms with Crippen LogP contribution in [0.3, 0.4) is 0 Å². The van der Waals surface area contributed by atoms with Gasteiger partial charge in [0, 0.05) is 5.56 Å². The Hall–Kier alpha value is -2.04. The van der Waals surface area contributed by atoms with Crippen LogP contribution in [0.2, 0.25) is 0 Å². The molecule has 2 N–H and O–H groups in total. The summed E-state index contributed by atoms with van der Waals surface area (Å²) in [6.07, 6.45) is 0.101. The van der Waals surface area contributed by atoms with Crippen molar-refractivity contribution in [1.82, 2.24) is 4.98 Å². The molecule has 0 atom stereocenters. The lowest BCUT2D eigenvalue weighted by molar-refractivity contribution is -0.0689. The summed E-state index contributed by atoms with van der Waals surface area (Å²) >= 11 is 0. The van der Waals surface area contributed by atoms with E-state index in [1.165, 1.54) is 12.1 Å². The Bertz CT molecular complexity index is 514. The number of aromatic nitrogens is 1. The number of hydrogen-bond acceptors (Lipinski definition) is 2. The summed E-state index contributed by atoms with van der Waals surface area (Å²) < 4.78 is 38.0. The SMILES string of the molecule is C=Cc1c(/C=C\C)cc(N)nc1C(=C)C(F)(F)F. The van der Waals surface area contributed by atoms with Crippen molar-refractivity contribution >= 4 is 23.5 Å². The van der Waals surface area contributed by atoms with Gasteiger partial charge in [0.05, 0.1) is 11.3 Å². The lowest BCUT2D eigenvalue weighted by Gasteiger charge is -2.14. The third kappa shape index (κ3) is 2.80. The third-order valence-electron chi connectivity index (χ3n) is 2.29. The van der Waals surface area contributed by atoms with E-state index >= 15 is 0 Å². The predicted octanol–water partition coefficient (Wildman–Crippen LogP) is 3.92. The van der Waals surface area contributed by atoms with Crippen LogP contribution >= 0.6 is 0 Å². The molecule has 0 amide bonds. The molecule has 0 aliphatic carbocycles. The van der Waals surface area contributed by atoms with Crippen LogP contribution in [0.15, 0.2) is 25.3 Å². The monoisotopic (exact) mass is 254 g/mol. The first-order chi connectivity index (χ1) is 8.31. The number of rotatable bonds is 3. The predicted molar refractivity (Wildman–Crippen MR) is 68.5 cm³/mol.